The zero-order valence-corrected chi connectivity index (χ0v) is 20.1. The number of nitrogens with zero attached hydrogens (tertiary/aromatic N) is 1. The number of sulfonamides is 1. The molecular weight excluding hydrogens is 511 g/mol. The van der Waals surface area contributed by atoms with Crippen molar-refractivity contribution in [2.24, 2.45) is 4.99 Å². The van der Waals surface area contributed by atoms with Gasteiger partial charge in [0.25, 0.3) is 0 Å². The average molecular weight is 538 g/mol. The van der Waals surface area contributed by atoms with E-state index in [0.29, 0.717) is 25.6 Å². The SMILES string of the molecule is CCNC(=NCc1cccc(S(=O)(=O)NC)c1)NCC(C)(O)c1ccsc1.I. The Hall–Kier alpha value is -1.21. The van der Waals surface area contributed by atoms with Crippen LogP contribution in [0.15, 0.2) is 51.0 Å². The molecule has 1 aromatic heterocycles. The van der Waals surface area contributed by atoms with E-state index in [-0.39, 0.29) is 28.9 Å². The van der Waals surface area contributed by atoms with E-state index < -0.39 is 15.6 Å². The molecule has 2 aromatic rings. The van der Waals surface area contributed by atoms with Crippen LogP contribution >= 0.6 is 35.3 Å². The number of aliphatic hydroxyl groups is 1. The molecule has 0 radical (unpaired) electrons. The largest absolute Gasteiger partial charge is 0.384 e. The highest BCUT2D eigenvalue weighted by Crippen LogP contribution is 2.22. The van der Waals surface area contributed by atoms with Crippen LogP contribution in [-0.2, 0) is 22.2 Å². The molecule has 1 heterocycles. The van der Waals surface area contributed by atoms with Gasteiger partial charge in [-0.1, -0.05) is 12.1 Å². The van der Waals surface area contributed by atoms with Crippen LogP contribution in [0.4, 0.5) is 0 Å². The van der Waals surface area contributed by atoms with Crippen molar-refractivity contribution >= 4 is 51.3 Å². The van der Waals surface area contributed by atoms with Crippen molar-refractivity contribution in [2.45, 2.75) is 30.9 Å². The van der Waals surface area contributed by atoms with Crippen molar-refractivity contribution in [3.63, 3.8) is 0 Å². The highest BCUT2D eigenvalue weighted by atomic mass is 127. The monoisotopic (exact) mass is 538 g/mol. The third kappa shape index (κ3) is 6.99. The molecule has 10 heteroatoms. The van der Waals surface area contributed by atoms with Gasteiger partial charge in [-0.25, -0.2) is 18.1 Å². The van der Waals surface area contributed by atoms with E-state index in [2.05, 4.69) is 20.3 Å². The summed E-state index contributed by atoms with van der Waals surface area (Å²) in [6, 6.07) is 8.55. The van der Waals surface area contributed by atoms with Gasteiger partial charge in [0, 0.05) is 6.54 Å². The molecule has 0 bridgehead atoms. The first kappa shape index (κ1) is 24.8. The number of aliphatic imine (C=N–C) groups is 1. The topological polar surface area (TPSA) is 103 Å². The molecule has 1 unspecified atom stereocenters. The van der Waals surface area contributed by atoms with Gasteiger partial charge in [0.2, 0.25) is 10.0 Å². The lowest BCUT2D eigenvalue weighted by Crippen LogP contribution is -2.44. The summed E-state index contributed by atoms with van der Waals surface area (Å²) in [6.45, 7) is 4.97. The van der Waals surface area contributed by atoms with E-state index in [9.17, 15) is 13.5 Å². The number of hydrogen-bond donors (Lipinski definition) is 4. The van der Waals surface area contributed by atoms with E-state index in [1.807, 2.05) is 29.8 Å². The Kier molecular flexibility index (Phi) is 9.84. The summed E-state index contributed by atoms with van der Waals surface area (Å²) in [5.74, 6) is 0.551. The Morgan fingerprint density at radius 1 is 1.29 bits per heavy atom. The molecule has 0 fully saturated rings. The second-order valence-corrected chi connectivity index (χ2v) is 8.86. The van der Waals surface area contributed by atoms with Crippen molar-refractivity contribution in [1.82, 2.24) is 15.4 Å². The molecule has 0 aliphatic rings. The quantitative estimate of drug-likeness (QED) is 0.235. The van der Waals surface area contributed by atoms with Gasteiger partial charge in [0.15, 0.2) is 5.96 Å². The third-order valence-electron chi connectivity index (χ3n) is 3.98. The molecule has 0 amide bonds. The number of guanidine groups is 1. The number of benzene rings is 1. The minimum Gasteiger partial charge on any atom is -0.384 e. The van der Waals surface area contributed by atoms with Crippen LogP contribution in [0, 0.1) is 0 Å². The van der Waals surface area contributed by atoms with Crippen molar-refractivity contribution in [3.05, 3.63) is 52.2 Å². The van der Waals surface area contributed by atoms with Crippen molar-refractivity contribution in [1.29, 1.82) is 0 Å². The number of nitrogens with one attached hydrogen (secondary N) is 3. The van der Waals surface area contributed by atoms with Gasteiger partial charge in [-0.15, -0.1) is 24.0 Å². The van der Waals surface area contributed by atoms with E-state index in [1.54, 1.807) is 25.1 Å². The summed E-state index contributed by atoms with van der Waals surface area (Å²) >= 11 is 1.54. The minimum atomic E-state index is -3.49. The average Bonchev–Trinajstić information content (AvgIpc) is 3.20. The van der Waals surface area contributed by atoms with E-state index in [4.69, 9.17) is 0 Å². The van der Waals surface area contributed by atoms with Crippen LogP contribution in [0.25, 0.3) is 0 Å². The van der Waals surface area contributed by atoms with Crippen LogP contribution in [0.5, 0.6) is 0 Å². The minimum absolute atomic E-state index is 0. The maximum Gasteiger partial charge on any atom is 0.240 e. The lowest BCUT2D eigenvalue weighted by Gasteiger charge is -2.24. The fourth-order valence-corrected chi connectivity index (χ4v) is 3.95. The van der Waals surface area contributed by atoms with E-state index in [1.165, 1.54) is 18.4 Å². The summed E-state index contributed by atoms with van der Waals surface area (Å²) in [6.07, 6.45) is 0. The molecule has 28 heavy (non-hydrogen) atoms. The summed E-state index contributed by atoms with van der Waals surface area (Å²) in [5, 5.41) is 20.7. The zero-order chi connectivity index (χ0) is 19.9. The van der Waals surface area contributed by atoms with Crippen molar-refractivity contribution < 1.29 is 13.5 Å². The highest BCUT2D eigenvalue weighted by molar-refractivity contribution is 14.0. The van der Waals surface area contributed by atoms with Crippen LogP contribution in [0.3, 0.4) is 0 Å². The van der Waals surface area contributed by atoms with Gasteiger partial charge in [-0.3, -0.25) is 0 Å². The van der Waals surface area contributed by atoms with Crippen molar-refractivity contribution in [3.8, 4) is 0 Å². The molecule has 2 rings (SSSR count). The molecule has 0 aliphatic heterocycles. The molecule has 1 atom stereocenters. The first-order valence-corrected chi connectivity index (χ1v) is 11.0. The predicted molar refractivity (Wildman–Crippen MR) is 125 cm³/mol. The Morgan fingerprint density at radius 3 is 2.64 bits per heavy atom. The van der Waals surface area contributed by atoms with E-state index >= 15 is 0 Å². The fourth-order valence-electron chi connectivity index (χ4n) is 2.37. The fraction of sp³-hybridized carbons (Fsp3) is 0.389. The molecule has 0 saturated carbocycles. The molecule has 156 valence electrons. The lowest BCUT2D eigenvalue weighted by molar-refractivity contribution is 0.0621. The van der Waals surface area contributed by atoms with Gasteiger partial charge in [0.1, 0.15) is 5.60 Å². The molecule has 0 spiro atoms. The summed E-state index contributed by atoms with van der Waals surface area (Å²) in [5.41, 5.74) is 0.603. The number of rotatable bonds is 8. The van der Waals surface area contributed by atoms with Crippen LogP contribution in [-0.4, -0.2) is 39.6 Å². The first-order chi connectivity index (χ1) is 12.8. The van der Waals surface area contributed by atoms with Crippen LogP contribution < -0.4 is 15.4 Å². The second-order valence-electron chi connectivity index (χ2n) is 6.19. The normalized spacial score (nSPS) is 14.1. The van der Waals surface area contributed by atoms with Crippen LogP contribution in [0.2, 0.25) is 0 Å². The van der Waals surface area contributed by atoms with Crippen LogP contribution in [0.1, 0.15) is 25.0 Å². The highest BCUT2D eigenvalue weighted by Gasteiger charge is 2.23. The van der Waals surface area contributed by atoms with Gasteiger partial charge in [0.05, 0.1) is 18.0 Å². The molecule has 0 aliphatic carbocycles. The Balaban J connectivity index is 0.00000392. The maximum atomic E-state index is 11.9. The van der Waals surface area contributed by atoms with Gasteiger partial charge >= 0.3 is 0 Å². The Labute approximate surface area is 187 Å². The summed E-state index contributed by atoms with van der Waals surface area (Å²) in [7, 11) is -2.10. The summed E-state index contributed by atoms with van der Waals surface area (Å²) in [4.78, 5) is 4.69. The number of halogens is 1. The van der Waals surface area contributed by atoms with E-state index in [0.717, 1.165) is 11.1 Å². The standard InChI is InChI=1S/C18H26N4O3S2.HI/c1-4-20-17(22-13-18(2,23)15-8-9-26-12-15)21-11-14-6-5-7-16(10-14)27(24,25)19-3;/h5-10,12,19,23H,4,11,13H2,1-3H3,(H2,20,21,22);1H. The van der Waals surface area contributed by atoms with Gasteiger partial charge in [-0.05, 0) is 61.0 Å². The summed E-state index contributed by atoms with van der Waals surface area (Å²) < 4.78 is 26.1. The Bertz CT molecular complexity index is 869. The Morgan fingerprint density at radius 2 is 2.04 bits per heavy atom. The molecule has 7 nitrogen and oxygen atoms in total. The molecular formula is C18H27IN4O3S2. The number of thiophene rings is 1. The number of hydrogen-bond acceptors (Lipinski definition) is 5. The lowest BCUT2D eigenvalue weighted by atomic mass is 9.99. The van der Waals surface area contributed by atoms with Gasteiger partial charge in [-0.2, -0.15) is 11.3 Å². The third-order valence-corrected chi connectivity index (χ3v) is 6.08. The molecule has 1 aromatic carbocycles. The van der Waals surface area contributed by atoms with Crippen molar-refractivity contribution in [2.75, 3.05) is 20.1 Å². The maximum absolute atomic E-state index is 11.9. The first-order valence-electron chi connectivity index (χ1n) is 8.58. The second kappa shape index (κ2) is 11.1. The zero-order valence-electron chi connectivity index (χ0n) is 16.1. The van der Waals surface area contributed by atoms with Gasteiger partial charge < -0.3 is 15.7 Å². The molecule has 4 N–H and O–H groups in total. The smallest absolute Gasteiger partial charge is 0.240 e. The molecule has 0 saturated heterocycles. The predicted octanol–water partition coefficient (Wildman–Crippen LogP) is 2.24.